The molecule has 0 radical (unpaired) electrons. The van der Waals surface area contributed by atoms with E-state index in [0.29, 0.717) is 17.2 Å². The van der Waals surface area contributed by atoms with Crippen molar-refractivity contribution in [1.29, 1.82) is 0 Å². The number of carbonyl (C=O) groups is 1. The third-order valence-corrected chi connectivity index (χ3v) is 6.25. The molecule has 2 heterocycles. The molecule has 2 rings (SSSR count). The standard InChI is InChI=1S/C14H26N2OS/c1-5-13(3,4)16-9-7-14(8-10-16)15(6-2)11-12(17)18-14/h5-11H2,1-4H3. The van der Waals surface area contributed by atoms with Gasteiger partial charge in [-0.25, -0.2) is 0 Å². The second-order valence-corrected chi connectivity index (χ2v) is 7.51. The molecule has 4 heteroatoms. The van der Waals surface area contributed by atoms with E-state index in [-0.39, 0.29) is 4.87 Å². The van der Waals surface area contributed by atoms with Crippen molar-refractivity contribution in [2.24, 2.45) is 0 Å². The molecule has 0 unspecified atom stereocenters. The van der Waals surface area contributed by atoms with Crippen LogP contribution in [-0.4, -0.2) is 51.5 Å². The molecular formula is C14H26N2OS. The molecule has 2 aliphatic heterocycles. The molecule has 0 aromatic heterocycles. The number of nitrogens with zero attached hydrogens (tertiary/aromatic N) is 2. The second kappa shape index (κ2) is 5.14. The summed E-state index contributed by atoms with van der Waals surface area (Å²) in [4.78, 5) is 16.8. The van der Waals surface area contributed by atoms with Crippen LogP contribution in [0.15, 0.2) is 0 Å². The quantitative estimate of drug-likeness (QED) is 0.786. The normalized spacial score (nSPS) is 26.1. The molecule has 0 aromatic carbocycles. The maximum Gasteiger partial charge on any atom is 0.204 e. The Kier molecular flexibility index (Phi) is 4.10. The monoisotopic (exact) mass is 270 g/mol. The van der Waals surface area contributed by atoms with Crippen molar-refractivity contribution in [1.82, 2.24) is 9.80 Å². The van der Waals surface area contributed by atoms with Crippen molar-refractivity contribution in [3.63, 3.8) is 0 Å². The zero-order chi connectivity index (χ0) is 13.4. The van der Waals surface area contributed by atoms with Gasteiger partial charge in [0.1, 0.15) is 0 Å². The van der Waals surface area contributed by atoms with Crippen molar-refractivity contribution in [3.8, 4) is 0 Å². The molecule has 0 saturated carbocycles. The SMILES string of the molecule is CCN1CC(=O)SC12CCN(C(C)(C)CC)CC2. The number of hydrogen-bond acceptors (Lipinski definition) is 4. The van der Waals surface area contributed by atoms with E-state index in [1.165, 1.54) is 6.42 Å². The van der Waals surface area contributed by atoms with Crippen LogP contribution in [0, 0.1) is 0 Å². The smallest absolute Gasteiger partial charge is 0.204 e. The molecule has 2 fully saturated rings. The summed E-state index contributed by atoms with van der Waals surface area (Å²) in [5.74, 6) is 0. The summed E-state index contributed by atoms with van der Waals surface area (Å²) in [6, 6.07) is 0. The minimum absolute atomic E-state index is 0.117. The first-order valence-electron chi connectivity index (χ1n) is 7.15. The first-order chi connectivity index (χ1) is 8.43. The van der Waals surface area contributed by atoms with Gasteiger partial charge in [0.2, 0.25) is 5.12 Å². The van der Waals surface area contributed by atoms with Gasteiger partial charge in [-0.1, -0.05) is 25.6 Å². The fourth-order valence-corrected chi connectivity index (χ4v) is 4.47. The number of thioether (sulfide) groups is 1. The Morgan fingerprint density at radius 1 is 1.28 bits per heavy atom. The van der Waals surface area contributed by atoms with Crippen LogP contribution in [0.4, 0.5) is 0 Å². The van der Waals surface area contributed by atoms with Crippen LogP contribution >= 0.6 is 11.8 Å². The van der Waals surface area contributed by atoms with Crippen molar-refractivity contribution in [2.75, 3.05) is 26.2 Å². The Labute approximate surface area is 115 Å². The van der Waals surface area contributed by atoms with Gasteiger partial charge in [0.05, 0.1) is 11.4 Å². The number of likely N-dealkylation sites (N-methyl/N-ethyl adjacent to an activating group) is 1. The van der Waals surface area contributed by atoms with Gasteiger partial charge in [0, 0.05) is 18.6 Å². The van der Waals surface area contributed by atoms with Crippen molar-refractivity contribution < 1.29 is 4.79 Å². The Morgan fingerprint density at radius 2 is 1.89 bits per heavy atom. The van der Waals surface area contributed by atoms with Gasteiger partial charge < -0.3 is 0 Å². The van der Waals surface area contributed by atoms with E-state index < -0.39 is 0 Å². The van der Waals surface area contributed by atoms with Gasteiger partial charge in [0.25, 0.3) is 0 Å². The number of piperidine rings is 1. The Hall–Kier alpha value is -0.0600. The summed E-state index contributed by atoms with van der Waals surface area (Å²) in [6.07, 6.45) is 3.44. The maximum absolute atomic E-state index is 11.7. The zero-order valence-corrected chi connectivity index (χ0v) is 13.0. The molecule has 1 spiro atoms. The molecule has 2 saturated heterocycles. The van der Waals surface area contributed by atoms with E-state index in [4.69, 9.17) is 0 Å². The minimum Gasteiger partial charge on any atom is -0.298 e. The highest BCUT2D eigenvalue weighted by Gasteiger charge is 2.48. The Balaban J connectivity index is 2.03. The number of hydrogen-bond donors (Lipinski definition) is 0. The van der Waals surface area contributed by atoms with Gasteiger partial charge in [-0.3, -0.25) is 14.6 Å². The highest BCUT2D eigenvalue weighted by Crippen LogP contribution is 2.45. The van der Waals surface area contributed by atoms with Crippen LogP contribution in [0.3, 0.4) is 0 Å². The summed E-state index contributed by atoms with van der Waals surface area (Å²) < 4.78 is 0. The predicted octanol–water partition coefficient (Wildman–Crippen LogP) is 2.56. The summed E-state index contributed by atoms with van der Waals surface area (Å²) in [5.41, 5.74) is 0.298. The van der Waals surface area contributed by atoms with E-state index in [2.05, 4.69) is 37.5 Å². The van der Waals surface area contributed by atoms with Crippen molar-refractivity contribution in [3.05, 3.63) is 0 Å². The van der Waals surface area contributed by atoms with Crippen LogP contribution in [0.1, 0.15) is 47.0 Å². The van der Waals surface area contributed by atoms with Gasteiger partial charge in [-0.2, -0.15) is 0 Å². The van der Waals surface area contributed by atoms with Crippen LogP contribution in [0.2, 0.25) is 0 Å². The lowest BCUT2D eigenvalue weighted by molar-refractivity contribution is -0.111. The van der Waals surface area contributed by atoms with Crippen LogP contribution in [0.25, 0.3) is 0 Å². The second-order valence-electron chi connectivity index (χ2n) is 6.09. The summed E-state index contributed by atoms with van der Waals surface area (Å²) >= 11 is 1.60. The largest absolute Gasteiger partial charge is 0.298 e. The van der Waals surface area contributed by atoms with E-state index in [1.54, 1.807) is 11.8 Å². The van der Waals surface area contributed by atoms with Crippen molar-refractivity contribution in [2.45, 2.75) is 57.4 Å². The minimum atomic E-state index is 0.117. The lowest BCUT2D eigenvalue weighted by Gasteiger charge is -2.48. The number of rotatable bonds is 3. The fourth-order valence-electron chi connectivity index (χ4n) is 3.11. The molecule has 18 heavy (non-hydrogen) atoms. The van der Waals surface area contributed by atoms with E-state index in [1.807, 2.05) is 0 Å². The summed E-state index contributed by atoms with van der Waals surface area (Å²) in [7, 11) is 0. The summed E-state index contributed by atoms with van der Waals surface area (Å²) in [6.45, 7) is 13.0. The molecule has 0 atom stereocenters. The van der Waals surface area contributed by atoms with Gasteiger partial charge >= 0.3 is 0 Å². The number of carbonyl (C=O) groups excluding carboxylic acids is 1. The zero-order valence-electron chi connectivity index (χ0n) is 12.2. The highest BCUT2D eigenvalue weighted by molar-refractivity contribution is 8.15. The average molecular weight is 270 g/mol. The lowest BCUT2D eigenvalue weighted by Crippen LogP contribution is -2.55. The van der Waals surface area contributed by atoms with Crippen LogP contribution in [-0.2, 0) is 4.79 Å². The van der Waals surface area contributed by atoms with Gasteiger partial charge in [0.15, 0.2) is 0 Å². The third kappa shape index (κ3) is 2.47. The molecule has 3 nitrogen and oxygen atoms in total. The molecular weight excluding hydrogens is 244 g/mol. The van der Waals surface area contributed by atoms with E-state index in [9.17, 15) is 4.79 Å². The van der Waals surface area contributed by atoms with E-state index in [0.717, 1.165) is 32.5 Å². The topological polar surface area (TPSA) is 23.6 Å². The Bertz CT molecular complexity index is 322. The molecule has 0 bridgehead atoms. The number of likely N-dealkylation sites (tertiary alicyclic amines) is 1. The summed E-state index contributed by atoms with van der Waals surface area (Å²) in [5, 5.41) is 0.361. The Morgan fingerprint density at radius 3 is 2.39 bits per heavy atom. The average Bonchev–Trinajstić information content (AvgIpc) is 2.66. The van der Waals surface area contributed by atoms with Crippen LogP contribution in [0.5, 0.6) is 0 Å². The molecule has 2 aliphatic rings. The first kappa shape index (κ1) is 14.4. The van der Waals surface area contributed by atoms with E-state index >= 15 is 0 Å². The lowest BCUT2D eigenvalue weighted by atomic mass is 9.93. The van der Waals surface area contributed by atoms with Crippen LogP contribution < -0.4 is 0 Å². The molecule has 0 aliphatic carbocycles. The first-order valence-corrected chi connectivity index (χ1v) is 7.97. The third-order valence-electron chi connectivity index (χ3n) is 4.85. The molecule has 104 valence electrons. The fraction of sp³-hybridized carbons (Fsp3) is 0.929. The van der Waals surface area contributed by atoms with Gasteiger partial charge in [-0.05, 0) is 39.7 Å². The maximum atomic E-state index is 11.7. The highest BCUT2D eigenvalue weighted by atomic mass is 32.2. The van der Waals surface area contributed by atoms with Gasteiger partial charge in [-0.15, -0.1) is 0 Å². The molecule has 0 aromatic rings. The predicted molar refractivity (Wildman–Crippen MR) is 77.8 cm³/mol. The molecule has 0 N–H and O–H groups in total. The molecule has 0 amide bonds. The van der Waals surface area contributed by atoms with Crippen molar-refractivity contribution >= 4 is 16.9 Å².